The number of rotatable bonds is 2. The lowest BCUT2D eigenvalue weighted by molar-refractivity contribution is 0.104. The molecule has 0 saturated heterocycles. The van der Waals surface area contributed by atoms with Crippen molar-refractivity contribution in [2.24, 2.45) is 0 Å². The van der Waals surface area contributed by atoms with Crippen LogP contribution in [0, 0.1) is 0 Å². The highest BCUT2D eigenvalue weighted by molar-refractivity contribution is 7.18. The number of thiophene rings is 2. The zero-order valence-corrected chi connectivity index (χ0v) is 13.4. The fourth-order valence-electron chi connectivity index (χ4n) is 2.15. The molecule has 3 rings (SSSR count). The highest BCUT2D eigenvalue weighted by Gasteiger charge is 2.20. The molecule has 2 aromatic heterocycles. The first-order valence-corrected chi connectivity index (χ1v) is 8.28. The maximum Gasteiger partial charge on any atom is 0.204 e. The molecule has 0 spiro atoms. The molecular formula is C17H16OS2. The van der Waals surface area contributed by atoms with Gasteiger partial charge in [0, 0.05) is 25.9 Å². The Labute approximate surface area is 126 Å². The lowest BCUT2D eigenvalue weighted by Gasteiger charge is -2.15. The predicted octanol–water partition coefficient (Wildman–Crippen LogP) is 5.49. The molecule has 0 unspecified atom stereocenters. The fourth-order valence-corrected chi connectivity index (χ4v) is 4.11. The van der Waals surface area contributed by atoms with Crippen LogP contribution in [0.1, 0.15) is 40.9 Å². The molecule has 0 amide bonds. The summed E-state index contributed by atoms with van der Waals surface area (Å²) in [6.45, 7) is 6.52. The Bertz CT molecular complexity index is 771. The first-order chi connectivity index (χ1) is 9.47. The van der Waals surface area contributed by atoms with Gasteiger partial charge >= 0.3 is 0 Å². The minimum Gasteiger partial charge on any atom is -0.288 e. The zero-order chi connectivity index (χ0) is 14.3. The van der Waals surface area contributed by atoms with Crippen molar-refractivity contribution in [2.45, 2.75) is 26.2 Å². The number of benzene rings is 1. The van der Waals surface area contributed by atoms with Gasteiger partial charge in [-0.2, -0.15) is 0 Å². The van der Waals surface area contributed by atoms with Gasteiger partial charge in [-0.05, 0) is 23.6 Å². The average molecular weight is 300 g/mol. The van der Waals surface area contributed by atoms with Gasteiger partial charge < -0.3 is 0 Å². The SMILES string of the molecule is CC(C)(C)c1ccc(C(=O)c2csc3ccccc23)s1. The first-order valence-electron chi connectivity index (χ1n) is 6.58. The summed E-state index contributed by atoms with van der Waals surface area (Å²) in [6, 6.07) is 12.1. The molecular weight excluding hydrogens is 284 g/mol. The molecule has 0 N–H and O–H groups in total. The third-order valence-electron chi connectivity index (χ3n) is 3.29. The van der Waals surface area contributed by atoms with Crippen molar-refractivity contribution >= 4 is 38.5 Å². The highest BCUT2D eigenvalue weighted by atomic mass is 32.1. The summed E-state index contributed by atoms with van der Waals surface area (Å²) in [7, 11) is 0. The van der Waals surface area contributed by atoms with E-state index in [9.17, 15) is 4.79 Å². The molecule has 20 heavy (non-hydrogen) atoms. The Morgan fingerprint density at radius 2 is 1.80 bits per heavy atom. The van der Waals surface area contributed by atoms with Crippen molar-refractivity contribution in [3.63, 3.8) is 0 Å². The Hall–Kier alpha value is -1.45. The first kappa shape index (κ1) is 13.5. The second kappa shape index (κ2) is 4.83. The van der Waals surface area contributed by atoms with Crippen molar-refractivity contribution in [2.75, 3.05) is 0 Å². The quantitative estimate of drug-likeness (QED) is 0.572. The normalized spacial score (nSPS) is 11.9. The molecule has 0 aliphatic carbocycles. The van der Waals surface area contributed by atoms with Gasteiger partial charge in [-0.25, -0.2) is 0 Å². The third kappa shape index (κ3) is 2.32. The number of ketones is 1. The van der Waals surface area contributed by atoms with Crippen LogP contribution in [-0.2, 0) is 5.41 Å². The van der Waals surface area contributed by atoms with Crippen molar-refractivity contribution < 1.29 is 4.79 Å². The van der Waals surface area contributed by atoms with E-state index in [0.29, 0.717) is 0 Å². The van der Waals surface area contributed by atoms with Crippen LogP contribution >= 0.6 is 22.7 Å². The largest absolute Gasteiger partial charge is 0.288 e. The number of hydrogen-bond donors (Lipinski definition) is 0. The van der Waals surface area contributed by atoms with E-state index in [4.69, 9.17) is 0 Å². The maximum atomic E-state index is 12.7. The molecule has 3 heteroatoms. The van der Waals surface area contributed by atoms with E-state index in [0.717, 1.165) is 15.8 Å². The molecule has 1 nitrogen and oxygen atoms in total. The van der Waals surface area contributed by atoms with Gasteiger partial charge in [-0.3, -0.25) is 4.79 Å². The molecule has 0 atom stereocenters. The molecule has 102 valence electrons. The Balaban J connectivity index is 2.03. The van der Waals surface area contributed by atoms with E-state index in [1.54, 1.807) is 22.7 Å². The number of carbonyl (C=O) groups excluding carboxylic acids is 1. The molecule has 0 radical (unpaired) electrons. The van der Waals surface area contributed by atoms with Crippen molar-refractivity contribution in [3.8, 4) is 0 Å². The predicted molar refractivity (Wildman–Crippen MR) is 88.3 cm³/mol. The van der Waals surface area contributed by atoms with Crippen molar-refractivity contribution in [1.29, 1.82) is 0 Å². The Kier molecular flexibility index (Phi) is 3.27. The molecule has 0 bridgehead atoms. The summed E-state index contributed by atoms with van der Waals surface area (Å²) in [4.78, 5) is 14.8. The summed E-state index contributed by atoms with van der Waals surface area (Å²) >= 11 is 3.24. The minimum absolute atomic E-state index is 0.0971. The minimum atomic E-state index is 0.0971. The van der Waals surface area contributed by atoms with Gasteiger partial charge in [-0.15, -0.1) is 22.7 Å². The standard InChI is InChI=1S/C17H16OS2/c1-17(2,3)15-9-8-14(20-15)16(18)12-10-19-13-7-5-4-6-11(12)13/h4-10H,1-3H3. The summed E-state index contributed by atoms with van der Waals surface area (Å²) in [5, 5.41) is 3.04. The van der Waals surface area contributed by atoms with Gasteiger partial charge in [0.05, 0.1) is 4.88 Å². The molecule has 0 saturated carbocycles. The Morgan fingerprint density at radius 3 is 2.50 bits per heavy atom. The van der Waals surface area contributed by atoms with E-state index in [1.165, 1.54) is 9.58 Å². The fraction of sp³-hybridized carbons (Fsp3) is 0.235. The number of carbonyl (C=O) groups is 1. The lowest BCUT2D eigenvalue weighted by atomic mass is 9.95. The smallest absolute Gasteiger partial charge is 0.204 e. The van der Waals surface area contributed by atoms with Gasteiger partial charge in [0.2, 0.25) is 5.78 Å². The van der Waals surface area contributed by atoms with Gasteiger partial charge in [0.25, 0.3) is 0 Å². The van der Waals surface area contributed by atoms with Crippen LogP contribution < -0.4 is 0 Å². The van der Waals surface area contributed by atoms with Crippen LogP contribution in [0.25, 0.3) is 10.1 Å². The highest BCUT2D eigenvalue weighted by Crippen LogP contribution is 2.33. The maximum absolute atomic E-state index is 12.7. The molecule has 1 aromatic carbocycles. The van der Waals surface area contributed by atoms with Gasteiger partial charge in [0.1, 0.15) is 0 Å². The monoisotopic (exact) mass is 300 g/mol. The summed E-state index contributed by atoms with van der Waals surface area (Å²) in [5.74, 6) is 0.142. The zero-order valence-electron chi connectivity index (χ0n) is 11.8. The van der Waals surface area contributed by atoms with Crippen molar-refractivity contribution in [1.82, 2.24) is 0 Å². The number of fused-ring (bicyclic) bond motifs is 1. The second-order valence-electron chi connectivity index (χ2n) is 5.89. The third-order valence-corrected chi connectivity index (χ3v) is 5.77. The van der Waals surface area contributed by atoms with E-state index in [2.05, 4.69) is 32.9 Å². The van der Waals surface area contributed by atoms with Crippen LogP contribution in [0.3, 0.4) is 0 Å². The van der Waals surface area contributed by atoms with E-state index < -0.39 is 0 Å². The van der Waals surface area contributed by atoms with Gasteiger partial charge in [-0.1, -0.05) is 39.0 Å². The van der Waals surface area contributed by atoms with E-state index in [1.807, 2.05) is 29.6 Å². The molecule has 0 aliphatic heterocycles. The van der Waals surface area contributed by atoms with Gasteiger partial charge in [0.15, 0.2) is 0 Å². The van der Waals surface area contributed by atoms with Crippen LogP contribution in [0.15, 0.2) is 41.8 Å². The van der Waals surface area contributed by atoms with Crippen LogP contribution in [0.4, 0.5) is 0 Å². The van der Waals surface area contributed by atoms with E-state index >= 15 is 0 Å². The lowest BCUT2D eigenvalue weighted by Crippen LogP contribution is -2.07. The Morgan fingerprint density at radius 1 is 1.05 bits per heavy atom. The molecule has 0 aliphatic rings. The van der Waals surface area contributed by atoms with Crippen LogP contribution in [0.2, 0.25) is 0 Å². The molecule has 2 heterocycles. The second-order valence-corrected chi connectivity index (χ2v) is 7.88. The topological polar surface area (TPSA) is 17.1 Å². The number of hydrogen-bond acceptors (Lipinski definition) is 3. The molecule has 3 aromatic rings. The average Bonchev–Trinajstić information content (AvgIpc) is 3.04. The van der Waals surface area contributed by atoms with Crippen LogP contribution in [-0.4, -0.2) is 5.78 Å². The summed E-state index contributed by atoms with van der Waals surface area (Å²) in [5.41, 5.74) is 0.924. The van der Waals surface area contributed by atoms with E-state index in [-0.39, 0.29) is 11.2 Å². The van der Waals surface area contributed by atoms with Crippen molar-refractivity contribution in [3.05, 3.63) is 57.1 Å². The van der Waals surface area contributed by atoms with Crippen LogP contribution in [0.5, 0.6) is 0 Å². The molecule has 0 fully saturated rings. The summed E-state index contributed by atoms with van der Waals surface area (Å²) < 4.78 is 1.17. The summed E-state index contributed by atoms with van der Waals surface area (Å²) in [6.07, 6.45) is 0.